The van der Waals surface area contributed by atoms with E-state index in [2.05, 4.69) is 4.90 Å². The van der Waals surface area contributed by atoms with E-state index in [-0.39, 0.29) is 5.91 Å². The molecule has 3 aliphatic heterocycles. The number of carbonyl (C=O) groups excluding carboxylic acids is 1. The van der Waals surface area contributed by atoms with Gasteiger partial charge in [0.05, 0.1) is 13.2 Å². The largest absolute Gasteiger partial charge is 0.380 e. The third-order valence-corrected chi connectivity index (χ3v) is 6.13. The van der Waals surface area contributed by atoms with Gasteiger partial charge in [-0.25, -0.2) is 0 Å². The van der Waals surface area contributed by atoms with Crippen molar-refractivity contribution in [1.82, 2.24) is 9.80 Å². The van der Waals surface area contributed by atoms with Crippen molar-refractivity contribution in [1.29, 1.82) is 0 Å². The molecule has 0 unspecified atom stereocenters. The second kappa shape index (κ2) is 7.51. The molecule has 3 aliphatic rings. The van der Waals surface area contributed by atoms with Crippen molar-refractivity contribution < 1.29 is 14.6 Å². The molecule has 22 heavy (non-hydrogen) atoms. The van der Waals surface area contributed by atoms with E-state index >= 15 is 0 Å². The summed E-state index contributed by atoms with van der Waals surface area (Å²) in [5.74, 6) is 2.32. The summed E-state index contributed by atoms with van der Waals surface area (Å²) in [5, 5.41) is 10.7. The molecule has 1 atom stereocenters. The zero-order valence-corrected chi connectivity index (χ0v) is 14.2. The maximum absolute atomic E-state index is 12.7. The Balaban J connectivity index is 1.54. The summed E-state index contributed by atoms with van der Waals surface area (Å²) in [7, 11) is 0. The molecule has 0 bridgehead atoms. The number of aliphatic hydroxyl groups is 1. The molecular weight excluding hydrogens is 300 g/mol. The zero-order chi connectivity index (χ0) is 15.4. The molecule has 0 aromatic rings. The van der Waals surface area contributed by atoms with Gasteiger partial charge in [-0.1, -0.05) is 0 Å². The standard InChI is InChI=1S/C16H28N2O3S/c19-15(16(20)3-10-22-11-4-16)18-5-1-2-14(13-18)12-17-6-8-21-9-7-17/h14,20H,1-13H2/t14-/m0/s1. The van der Waals surface area contributed by atoms with Crippen molar-refractivity contribution in [3.63, 3.8) is 0 Å². The monoisotopic (exact) mass is 328 g/mol. The molecule has 0 aliphatic carbocycles. The average molecular weight is 328 g/mol. The van der Waals surface area contributed by atoms with Crippen LogP contribution in [0.2, 0.25) is 0 Å². The first-order chi connectivity index (χ1) is 10.7. The van der Waals surface area contributed by atoms with Crippen LogP contribution < -0.4 is 0 Å². The van der Waals surface area contributed by atoms with Gasteiger partial charge < -0.3 is 14.7 Å². The summed E-state index contributed by atoms with van der Waals surface area (Å²) in [5.41, 5.74) is -1.09. The van der Waals surface area contributed by atoms with Gasteiger partial charge in [0.2, 0.25) is 0 Å². The summed E-state index contributed by atoms with van der Waals surface area (Å²) in [6.45, 7) is 6.34. The van der Waals surface area contributed by atoms with Gasteiger partial charge in [0.1, 0.15) is 5.60 Å². The van der Waals surface area contributed by atoms with Gasteiger partial charge in [-0.15, -0.1) is 0 Å². The average Bonchev–Trinajstić information content (AvgIpc) is 2.56. The molecule has 3 rings (SSSR count). The van der Waals surface area contributed by atoms with Gasteiger partial charge in [-0.3, -0.25) is 9.69 Å². The second-order valence-electron chi connectivity index (χ2n) is 6.82. The predicted octanol–water partition coefficient (Wildman–Crippen LogP) is 0.815. The van der Waals surface area contributed by atoms with Crippen LogP contribution in [-0.2, 0) is 9.53 Å². The van der Waals surface area contributed by atoms with Crippen molar-refractivity contribution >= 4 is 17.7 Å². The van der Waals surface area contributed by atoms with Crippen molar-refractivity contribution in [2.45, 2.75) is 31.3 Å². The van der Waals surface area contributed by atoms with Gasteiger partial charge >= 0.3 is 0 Å². The van der Waals surface area contributed by atoms with E-state index in [0.717, 1.165) is 63.9 Å². The highest BCUT2D eigenvalue weighted by Gasteiger charge is 2.41. The number of piperidine rings is 1. The number of ether oxygens (including phenoxy) is 1. The van der Waals surface area contributed by atoms with Crippen LogP contribution in [0.3, 0.4) is 0 Å². The number of likely N-dealkylation sites (tertiary alicyclic amines) is 1. The lowest BCUT2D eigenvalue weighted by molar-refractivity contribution is -0.154. The molecule has 0 aromatic carbocycles. The third-order valence-electron chi connectivity index (χ3n) is 5.14. The lowest BCUT2D eigenvalue weighted by atomic mass is 9.91. The first-order valence-electron chi connectivity index (χ1n) is 8.57. The van der Waals surface area contributed by atoms with Crippen LogP contribution in [0.15, 0.2) is 0 Å². The summed E-state index contributed by atoms with van der Waals surface area (Å²) in [6.07, 6.45) is 3.48. The van der Waals surface area contributed by atoms with Crippen LogP contribution >= 0.6 is 11.8 Å². The Morgan fingerprint density at radius 1 is 1.23 bits per heavy atom. The number of rotatable bonds is 3. The Kier molecular flexibility index (Phi) is 5.65. The van der Waals surface area contributed by atoms with E-state index in [4.69, 9.17) is 4.74 Å². The molecule has 1 N–H and O–H groups in total. The zero-order valence-electron chi connectivity index (χ0n) is 13.3. The maximum Gasteiger partial charge on any atom is 0.254 e. The summed E-state index contributed by atoms with van der Waals surface area (Å²) in [4.78, 5) is 17.1. The van der Waals surface area contributed by atoms with E-state index in [9.17, 15) is 9.90 Å². The highest BCUT2D eigenvalue weighted by Crippen LogP contribution is 2.30. The summed E-state index contributed by atoms with van der Waals surface area (Å²) < 4.78 is 5.40. The minimum absolute atomic E-state index is 0.0144. The highest BCUT2D eigenvalue weighted by molar-refractivity contribution is 7.99. The number of morpholine rings is 1. The Morgan fingerprint density at radius 2 is 1.95 bits per heavy atom. The quantitative estimate of drug-likeness (QED) is 0.831. The number of carbonyl (C=O) groups is 1. The van der Waals surface area contributed by atoms with Gasteiger partial charge in [-0.05, 0) is 43.1 Å². The molecule has 3 heterocycles. The SMILES string of the molecule is O=C(N1CCC[C@@H](CN2CCOCC2)C1)C1(O)CCSCC1. The second-order valence-corrected chi connectivity index (χ2v) is 8.04. The Morgan fingerprint density at radius 3 is 2.68 bits per heavy atom. The van der Waals surface area contributed by atoms with Gasteiger partial charge in [0, 0.05) is 32.7 Å². The predicted molar refractivity (Wildman–Crippen MR) is 88.1 cm³/mol. The van der Waals surface area contributed by atoms with Crippen LogP contribution in [-0.4, -0.2) is 83.9 Å². The van der Waals surface area contributed by atoms with Crippen LogP contribution in [0, 0.1) is 5.92 Å². The van der Waals surface area contributed by atoms with Gasteiger partial charge in [0.25, 0.3) is 5.91 Å². The lowest BCUT2D eigenvalue weighted by Crippen LogP contribution is -2.54. The van der Waals surface area contributed by atoms with Crippen molar-refractivity contribution in [2.24, 2.45) is 5.92 Å². The van der Waals surface area contributed by atoms with Crippen LogP contribution in [0.1, 0.15) is 25.7 Å². The fraction of sp³-hybridized carbons (Fsp3) is 0.938. The number of nitrogens with zero attached hydrogens (tertiary/aromatic N) is 2. The number of thioether (sulfide) groups is 1. The molecule has 3 fully saturated rings. The van der Waals surface area contributed by atoms with Gasteiger partial charge in [0.15, 0.2) is 0 Å². The smallest absolute Gasteiger partial charge is 0.254 e. The minimum Gasteiger partial charge on any atom is -0.380 e. The molecule has 0 saturated carbocycles. The molecule has 0 aromatic heterocycles. The molecular formula is C16H28N2O3S. The van der Waals surface area contributed by atoms with E-state index in [1.165, 1.54) is 6.42 Å². The normalized spacial score (nSPS) is 30.2. The number of hydrogen-bond acceptors (Lipinski definition) is 5. The molecule has 126 valence electrons. The van der Waals surface area contributed by atoms with Crippen molar-refractivity contribution in [3.8, 4) is 0 Å². The van der Waals surface area contributed by atoms with E-state index in [1.807, 2.05) is 16.7 Å². The Bertz CT molecular complexity index is 382. The molecule has 3 saturated heterocycles. The van der Waals surface area contributed by atoms with Crippen molar-refractivity contribution in [3.05, 3.63) is 0 Å². The number of amides is 1. The summed E-state index contributed by atoms with van der Waals surface area (Å²) in [6, 6.07) is 0. The Labute approximate surface area is 137 Å². The van der Waals surface area contributed by atoms with E-state index < -0.39 is 5.60 Å². The third kappa shape index (κ3) is 3.96. The lowest BCUT2D eigenvalue weighted by Gasteiger charge is -2.41. The molecule has 0 radical (unpaired) electrons. The van der Waals surface area contributed by atoms with Crippen LogP contribution in [0.4, 0.5) is 0 Å². The molecule has 6 heteroatoms. The topological polar surface area (TPSA) is 53.0 Å². The van der Waals surface area contributed by atoms with E-state index in [0.29, 0.717) is 18.8 Å². The van der Waals surface area contributed by atoms with Crippen LogP contribution in [0.25, 0.3) is 0 Å². The fourth-order valence-corrected chi connectivity index (χ4v) is 4.93. The maximum atomic E-state index is 12.7. The molecule has 1 amide bonds. The number of hydrogen-bond donors (Lipinski definition) is 1. The molecule has 5 nitrogen and oxygen atoms in total. The minimum atomic E-state index is -1.09. The first kappa shape index (κ1) is 16.6. The van der Waals surface area contributed by atoms with Gasteiger partial charge in [-0.2, -0.15) is 11.8 Å². The van der Waals surface area contributed by atoms with Crippen molar-refractivity contribution in [2.75, 3.05) is 57.4 Å². The summed E-state index contributed by atoms with van der Waals surface area (Å²) >= 11 is 1.84. The fourth-order valence-electron chi connectivity index (χ4n) is 3.76. The van der Waals surface area contributed by atoms with Crippen LogP contribution in [0.5, 0.6) is 0 Å². The first-order valence-corrected chi connectivity index (χ1v) is 9.72. The van der Waals surface area contributed by atoms with E-state index in [1.54, 1.807) is 0 Å². The highest BCUT2D eigenvalue weighted by atomic mass is 32.2. The Hall–Kier alpha value is -0.300. The molecule has 0 spiro atoms.